The van der Waals surface area contributed by atoms with Gasteiger partial charge in [0.25, 0.3) is 5.19 Å². The molecular formula is C18H20N2O4S. The third kappa shape index (κ3) is 6.36. The summed E-state index contributed by atoms with van der Waals surface area (Å²) in [4.78, 5) is 16.0. The molecule has 0 saturated carbocycles. The molecule has 1 heterocycles. The van der Waals surface area contributed by atoms with Crippen molar-refractivity contribution in [2.75, 3.05) is 7.11 Å². The molecule has 25 heavy (non-hydrogen) atoms. The van der Waals surface area contributed by atoms with E-state index in [1.165, 1.54) is 18.4 Å². The highest BCUT2D eigenvalue weighted by Crippen LogP contribution is 2.27. The Morgan fingerprint density at radius 3 is 2.52 bits per heavy atom. The largest absolute Gasteiger partial charge is 0.491 e. The van der Waals surface area contributed by atoms with E-state index in [-0.39, 0.29) is 12.1 Å². The maximum atomic E-state index is 11.1. The normalized spacial score (nSPS) is 11.2. The highest BCUT2D eigenvalue weighted by atomic mass is 32.1. The Hall–Kier alpha value is -2.72. The second-order valence-corrected chi connectivity index (χ2v) is 6.35. The minimum atomic E-state index is -0.514. The number of carbonyl (C=O) groups is 1. The monoisotopic (exact) mass is 360 g/mol. The van der Waals surface area contributed by atoms with Gasteiger partial charge >= 0.3 is 6.09 Å². The van der Waals surface area contributed by atoms with E-state index in [2.05, 4.69) is 26.9 Å². The highest BCUT2D eigenvalue weighted by molar-refractivity contribution is 7.13. The van der Waals surface area contributed by atoms with E-state index in [4.69, 9.17) is 9.47 Å². The van der Waals surface area contributed by atoms with Gasteiger partial charge in [-0.1, -0.05) is 23.2 Å². The first-order chi connectivity index (χ1) is 12.0. The number of carbonyl (C=O) groups excluding carboxylic acids is 1. The Labute approximate surface area is 151 Å². The summed E-state index contributed by atoms with van der Waals surface area (Å²) in [6.45, 7) is 5.72. The lowest BCUT2D eigenvalue weighted by Crippen LogP contribution is -2.31. The molecule has 0 radical (unpaired) electrons. The van der Waals surface area contributed by atoms with Crippen molar-refractivity contribution in [2.45, 2.75) is 32.9 Å². The maximum Gasteiger partial charge on any atom is 0.407 e. The molecule has 6 nitrogen and oxygen atoms in total. The topological polar surface area (TPSA) is 69.7 Å². The van der Waals surface area contributed by atoms with Gasteiger partial charge in [-0.05, 0) is 45.0 Å². The third-order valence-corrected chi connectivity index (χ3v) is 3.61. The van der Waals surface area contributed by atoms with Crippen LogP contribution in [0.15, 0.2) is 30.5 Å². The molecule has 132 valence electrons. The lowest BCUT2D eigenvalue weighted by molar-refractivity contribution is 0.169. The Kier molecular flexibility index (Phi) is 6.66. The van der Waals surface area contributed by atoms with Crippen LogP contribution in [0, 0.1) is 11.8 Å². The number of thiazole rings is 1. The molecule has 0 aliphatic heterocycles. The van der Waals surface area contributed by atoms with Crippen LogP contribution in [0.4, 0.5) is 4.79 Å². The predicted molar refractivity (Wildman–Crippen MR) is 96.3 cm³/mol. The number of nitrogens with zero attached hydrogens (tertiary/aromatic N) is 1. The van der Waals surface area contributed by atoms with Crippen molar-refractivity contribution in [3.63, 3.8) is 0 Å². The molecule has 1 N–H and O–H groups in total. The van der Waals surface area contributed by atoms with Gasteiger partial charge in [-0.15, -0.1) is 0 Å². The van der Waals surface area contributed by atoms with Gasteiger partial charge in [0.15, 0.2) is 0 Å². The van der Waals surface area contributed by atoms with Crippen molar-refractivity contribution >= 4 is 17.4 Å². The lowest BCUT2D eigenvalue weighted by Gasteiger charge is -2.09. The van der Waals surface area contributed by atoms with Crippen LogP contribution < -0.4 is 14.8 Å². The minimum absolute atomic E-state index is 0.128. The predicted octanol–water partition coefficient (Wildman–Crippen LogP) is 3.82. The van der Waals surface area contributed by atoms with Crippen LogP contribution in [0.25, 0.3) is 0 Å². The molecular weight excluding hydrogens is 340 g/mol. The summed E-state index contributed by atoms with van der Waals surface area (Å²) in [7, 11) is 1.31. The molecule has 0 unspecified atom stereocenters. The Morgan fingerprint density at radius 1 is 1.20 bits per heavy atom. The summed E-state index contributed by atoms with van der Waals surface area (Å²) >= 11 is 1.33. The number of hydrogen-bond acceptors (Lipinski definition) is 6. The smallest absolute Gasteiger partial charge is 0.407 e. The number of rotatable bonds is 5. The first-order valence-electron chi connectivity index (χ1n) is 7.72. The molecule has 1 atom stereocenters. The van der Waals surface area contributed by atoms with E-state index in [1.54, 1.807) is 13.1 Å². The second kappa shape index (κ2) is 8.94. The first kappa shape index (κ1) is 18.6. The number of alkyl carbamates (subject to hydrolysis) is 1. The number of aromatic nitrogens is 1. The van der Waals surface area contributed by atoms with Gasteiger partial charge in [0, 0.05) is 0 Å². The highest BCUT2D eigenvalue weighted by Gasteiger charge is 2.05. The van der Waals surface area contributed by atoms with E-state index < -0.39 is 6.09 Å². The fourth-order valence-corrected chi connectivity index (χ4v) is 2.42. The molecule has 0 spiro atoms. The van der Waals surface area contributed by atoms with E-state index in [1.807, 2.05) is 38.1 Å². The molecule has 1 amide bonds. The van der Waals surface area contributed by atoms with Gasteiger partial charge < -0.3 is 19.5 Å². The number of benzene rings is 1. The molecule has 0 bridgehead atoms. The summed E-state index contributed by atoms with van der Waals surface area (Å²) < 4.78 is 15.8. The quantitative estimate of drug-likeness (QED) is 0.821. The zero-order valence-corrected chi connectivity index (χ0v) is 15.3. The fourth-order valence-electron chi connectivity index (χ4n) is 1.77. The van der Waals surface area contributed by atoms with Crippen LogP contribution in [-0.2, 0) is 4.74 Å². The molecule has 2 aromatic rings. The summed E-state index contributed by atoms with van der Waals surface area (Å²) in [5.74, 6) is 7.31. The van der Waals surface area contributed by atoms with Crippen molar-refractivity contribution in [3.05, 3.63) is 35.3 Å². The Balaban J connectivity index is 1.94. The van der Waals surface area contributed by atoms with Gasteiger partial charge in [0.05, 0.1) is 25.5 Å². The van der Waals surface area contributed by atoms with Crippen LogP contribution in [0.2, 0.25) is 0 Å². The second-order valence-electron chi connectivity index (χ2n) is 5.36. The zero-order chi connectivity index (χ0) is 18.2. The van der Waals surface area contributed by atoms with E-state index in [0.29, 0.717) is 10.9 Å². The van der Waals surface area contributed by atoms with E-state index in [0.717, 1.165) is 10.6 Å². The molecule has 1 aromatic carbocycles. The average molecular weight is 360 g/mol. The molecule has 0 aliphatic carbocycles. The molecule has 1 aromatic heterocycles. The van der Waals surface area contributed by atoms with Crippen molar-refractivity contribution in [3.8, 4) is 28.5 Å². The molecule has 0 fully saturated rings. The summed E-state index contributed by atoms with van der Waals surface area (Å²) in [6.07, 6.45) is 1.25. The number of ether oxygens (including phenoxy) is 3. The standard InChI is InChI=1S/C18H20N2O4S/c1-12(2)23-14-6-8-15(9-7-14)24-18-19-11-16(25-18)10-5-13(3)20-17(21)22-4/h6-9,11-13H,1-4H3,(H,20,21)/t13-/m1/s1. The van der Waals surface area contributed by atoms with Crippen LogP contribution in [0.3, 0.4) is 0 Å². The minimum Gasteiger partial charge on any atom is -0.491 e. The van der Waals surface area contributed by atoms with Crippen LogP contribution in [-0.4, -0.2) is 30.3 Å². The third-order valence-electron chi connectivity index (χ3n) is 2.82. The van der Waals surface area contributed by atoms with E-state index in [9.17, 15) is 4.79 Å². The van der Waals surface area contributed by atoms with Gasteiger partial charge in [-0.3, -0.25) is 0 Å². The number of methoxy groups -OCH3 is 1. The number of amides is 1. The Bertz CT molecular complexity index is 759. The molecule has 0 saturated heterocycles. The molecule has 2 rings (SSSR count). The average Bonchev–Trinajstić information content (AvgIpc) is 3.01. The van der Waals surface area contributed by atoms with E-state index >= 15 is 0 Å². The SMILES string of the molecule is COC(=O)N[C@H](C)C#Cc1cnc(Oc2ccc(OC(C)C)cc2)s1. The lowest BCUT2D eigenvalue weighted by atomic mass is 10.3. The zero-order valence-electron chi connectivity index (χ0n) is 14.5. The summed E-state index contributed by atoms with van der Waals surface area (Å²) in [5, 5.41) is 3.07. The molecule has 7 heteroatoms. The summed E-state index contributed by atoms with van der Waals surface area (Å²) in [6, 6.07) is 7.03. The van der Waals surface area contributed by atoms with Crippen molar-refractivity contribution in [2.24, 2.45) is 0 Å². The van der Waals surface area contributed by atoms with Crippen molar-refractivity contribution in [1.82, 2.24) is 10.3 Å². The Morgan fingerprint density at radius 2 is 1.88 bits per heavy atom. The van der Waals surface area contributed by atoms with Gasteiger partial charge in [0.2, 0.25) is 0 Å². The molecule has 0 aliphatic rings. The van der Waals surface area contributed by atoms with Crippen molar-refractivity contribution < 1.29 is 19.0 Å². The number of nitrogens with one attached hydrogen (secondary N) is 1. The fraction of sp³-hybridized carbons (Fsp3) is 0.333. The van der Waals surface area contributed by atoms with Gasteiger partial charge in [-0.2, -0.15) is 0 Å². The van der Waals surface area contributed by atoms with Crippen LogP contribution in [0.5, 0.6) is 16.7 Å². The van der Waals surface area contributed by atoms with Crippen LogP contribution in [0.1, 0.15) is 25.6 Å². The first-order valence-corrected chi connectivity index (χ1v) is 8.54. The van der Waals surface area contributed by atoms with Crippen LogP contribution >= 0.6 is 11.3 Å². The van der Waals surface area contributed by atoms with Crippen molar-refractivity contribution in [1.29, 1.82) is 0 Å². The summed E-state index contributed by atoms with van der Waals surface area (Å²) in [5.41, 5.74) is 0. The van der Waals surface area contributed by atoms with Gasteiger partial charge in [0.1, 0.15) is 16.4 Å². The maximum absolute atomic E-state index is 11.1. The number of hydrogen-bond donors (Lipinski definition) is 1. The van der Waals surface area contributed by atoms with Gasteiger partial charge in [-0.25, -0.2) is 9.78 Å².